The van der Waals surface area contributed by atoms with Crippen LogP contribution in [0.4, 0.5) is 4.39 Å². The molecule has 17 heavy (non-hydrogen) atoms. The van der Waals surface area contributed by atoms with Crippen molar-refractivity contribution in [2.24, 2.45) is 0 Å². The molecule has 1 aromatic carbocycles. The molecular formula is C13H16ClFO2. The molecular weight excluding hydrogens is 243 g/mol. The van der Waals surface area contributed by atoms with Crippen LogP contribution in [0.3, 0.4) is 0 Å². The van der Waals surface area contributed by atoms with Gasteiger partial charge in [-0.2, -0.15) is 0 Å². The molecule has 1 aliphatic heterocycles. The van der Waals surface area contributed by atoms with E-state index in [1.165, 1.54) is 12.1 Å². The summed E-state index contributed by atoms with van der Waals surface area (Å²) in [7, 11) is 1.60. The first-order valence-corrected chi connectivity index (χ1v) is 6.23. The van der Waals surface area contributed by atoms with Gasteiger partial charge in [0.15, 0.2) is 0 Å². The van der Waals surface area contributed by atoms with Gasteiger partial charge in [0.25, 0.3) is 0 Å². The van der Waals surface area contributed by atoms with Gasteiger partial charge < -0.3 is 9.47 Å². The van der Waals surface area contributed by atoms with Crippen molar-refractivity contribution in [2.75, 3.05) is 26.2 Å². The molecule has 1 aliphatic rings. The molecule has 0 bridgehead atoms. The van der Waals surface area contributed by atoms with Gasteiger partial charge in [-0.1, -0.05) is 0 Å². The molecule has 0 aromatic heterocycles. The first-order valence-electron chi connectivity index (χ1n) is 5.69. The number of hydrogen-bond donors (Lipinski definition) is 0. The van der Waals surface area contributed by atoms with Gasteiger partial charge in [-0.25, -0.2) is 4.39 Å². The molecule has 0 saturated carbocycles. The van der Waals surface area contributed by atoms with E-state index in [0.29, 0.717) is 24.8 Å². The second-order valence-electron chi connectivity index (χ2n) is 4.37. The fourth-order valence-electron chi connectivity index (χ4n) is 2.33. The van der Waals surface area contributed by atoms with Crippen molar-refractivity contribution in [2.45, 2.75) is 18.3 Å². The molecule has 0 unspecified atom stereocenters. The second kappa shape index (κ2) is 5.23. The predicted octanol–water partition coefficient (Wildman–Crippen LogP) is 3.12. The number of hydrogen-bond acceptors (Lipinski definition) is 2. The average molecular weight is 259 g/mol. The number of alkyl halides is 1. The lowest BCUT2D eigenvalue weighted by molar-refractivity contribution is 0.0566. The Morgan fingerprint density at radius 2 is 2.12 bits per heavy atom. The largest absolute Gasteiger partial charge is 0.496 e. The third kappa shape index (κ3) is 2.40. The topological polar surface area (TPSA) is 18.5 Å². The zero-order chi connectivity index (χ0) is 12.3. The van der Waals surface area contributed by atoms with Crippen LogP contribution >= 0.6 is 11.6 Å². The first-order chi connectivity index (χ1) is 8.22. The third-order valence-corrected chi connectivity index (χ3v) is 3.95. The van der Waals surface area contributed by atoms with Crippen molar-refractivity contribution in [1.29, 1.82) is 0 Å². The molecule has 94 valence electrons. The average Bonchev–Trinajstić information content (AvgIpc) is 2.39. The fraction of sp³-hybridized carbons (Fsp3) is 0.538. The van der Waals surface area contributed by atoms with Crippen LogP contribution in [-0.2, 0) is 10.2 Å². The normalized spacial score (nSPS) is 19.0. The SMILES string of the molecule is COc1ccc(F)cc1C1(CCl)CCOCC1. The minimum absolute atomic E-state index is 0.229. The molecule has 0 N–H and O–H groups in total. The highest BCUT2D eigenvalue weighted by atomic mass is 35.5. The lowest BCUT2D eigenvalue weighted by Crippen LogP contribution is -2.36. The van der Waals surface area contributed by atoms with Crippen molar-refractivity contribution < 1.29 is 13.9 Å². The Kier molecular flexibility index (Phi) is 3.89. The maximum Gasteiger partial charge on any atom is 0.123 e. The molecule has 1 fully saturated rings. The molecule has 2 rings (SSSR count). The van der Waals surface area contributed by atoms with E-state index in [1.807, 2.05) is 0 Å². The van der Waals surface area contributed by atoms with E-state index in [1.54, 1.807) is 13.2 Å². The zero-order valence-electron chi connectivity index (χ0n) is 9.84. The van der Waals surface area contributed by atoms with E-state index in [4.69, 9.17) is 21.1 Å². The van der Waals surface area contributed by atoms with Gasteiger partial charge in [0.05, 0.1) is 7.11 Å². The van der Waals surface area contributed by atoms with Gasteiger partial charge in [0.2, 0.25) is 0 Å². The summed E-state index contributed by atoms with van der Waals surface area (Å²) in [6.45, 7) is 1.32. The summed E-state index contributed by atoms with van der Waals surface area (Å²) < 4.78 is 24.1. The highest BCUT2D eigenvalue weighted by Crippen LogP contribution is 2.40. The number of halogens is 2. The van der Waals surface area contributed by atoms with E-state index < -0.39 is 0 Å². The van der Waals surface area contributed by atoms with Crippen LogP contribution in [0.5, 0.6) is 5.75 Å². The number of ether oxygens (including phenoxy) is 2. The van der Waals surface area contributed by atoms with Crippen LogP contribution in [0.25, 0.3) is 0 Å². The van der Waals surface area contributed by atoms with Crippen LogP contribution in [0, 0.1) is 5.82 Å². The van der Waals surface area contributed by atoms with Gasteiger partial charge in [0, 0.05) is 30.1 Å². The quantitative estimate of drug-likeness (QED) is 0.776. The van der Waals surface area contributed by atoms with E-state index in [2.05, 4.69) is 0 Å². The van der Waals surface area contributed by atoms with Crippen molar-refractivity contribution in [3.63, 3.8) is 0 Å². The Morgan fingerprint density at radius 1 is 1.41 bits per heavy atom. The summed E-state index contributed by atoms with van der Waals surface area (Å²) in [5, 5.41) is 0. The molecule has 1 heterocycles. The Morgan fingerprint density at radius 3 is 2.71 bits per heavy atom. The van der Waals surface area contributed by atoms with Gasteiger partial charge >= 0.3 is 0 Å². The Bertz CT molecular complexity index is 389. The van der Waals surface area contributed by atoms with Crippen molar-refractivity contribution in [3.05, 3.63) is 29.6 Å². The van der Waals surface area contributed by atoms with Crippen LogP contribution in [0.1, 0.15) is 18.4 Å². The highest BCUT2D eigenvalue weighted by molar-refractivity contribution is 6.18. The molecule has 4 heteroatoms. The summed E-state index contributed by atoms with van der Waals surface area (Å²) >= 11 is 6.12. The molecule has 1 aromatic rings. The fourth-order valence-corrected chi connectivity index (χ4v) is 2.74. The summed E-state index contributed by atoms with van der Waals surface area (Å²) in [5.74, 6) is 0.904. The molecule has 0 aliphatic carbocycles. The number of benzene rings is 1. The molecule has 1 saturated heterocycles. The highest BCUT2D eigenvalue weighted by Gasteiger charge is 2.36. The number of rotatable bonds is 3. The smallest absolute Gasteiger partial charge is 0.123 e. The molecule has 0 atom stereocenters. The Hall–Kier alpha value is -0.800. The van der Waals surface area contributed by atoms with E-state index in [-0.39, 0.29) is 11.2 Å². The zero-order valence-corrected chi connectivity index (χ0v) is 10.6. The minimum atomic E-state index is -0.253. The third-order valence-electron chi connectivity index (χ3n) is 3.44. The first kappa shape index (κ1) is 12.7. The van der Waals surface area contributed by atoms with E-state index >= 15 is 0 Å². The molecule has 0 spiro atoms. The summed E-state index contributed by atoms with van der Waals surface area (Å²) in [6, 6.07) is 4.60. The van der Waals surface area contributed by atoms with Crippen molar-refractivity contribution >= 4 is 11.6 Å². The molecule has 0 radical (unpaired) electrons. The maximum absolute atomic E-state index is 13.4. The van der Waals surface area contributed by atoms with Crippen molar-refractivity contribution in [1.82, 2.24) is 0 Å². The minimum Gasteiger partial charge on any atom is -0.496 e. The van der Waals surface area contributed by atoms with E-state index in [0.717, 1.165) is 18.4 Å². The van der Waals surface area contributed by atoms with Gasteiger partial charge in [-0.15, -0.1) is 11.6 Å². The van der Waals surface area contributed by atoms with Crippen molar-refractivity contribution in [3.8, 4) is 5.75 Å². The van der Waals surface area contributed by atoms with Crippen LogP contribution in [0.2, 0.25) is 0 Å². The van der Waals surface area contributed by atoms with Gasteiger partial charge in [0.1, 0.15) is 11.6 Å². The summed E-state index contributed by atoms with van der Waals surface area (Å²) in [5.41, 5.74) is 0.631. The van der Waals surface area contributed by atoms with Crippen LogP contribution < -0.4 is 4.74 Å². The summed E-state index contributed by atoms with van der Waals surface area (Å²) in [6.07, 6.45) is 1.60. The van der Waals surface area contributed by atoms with Gasteiger partial charge in [-0.05, 0) is 31.0 Å². The second-order valence-corrected chi connectivity index (χ2v) is 4.64. The monoisotopic (exact) mass is 258 g/mol. The Balaban J connectivity index is 2.44. The standard InChI is InChI=1S/C13H16ClFO2/c1-16-12-3-2-10(15)8-11(12)13(9-14)4-6-17-7-5-13/h2-3,8H,4-7,9H2,1H3. The van der Waals surface area contributed by atoms with Crippen LogP contribution in [-0.4, -0.2) is 26.2 Å². The maximum atomic E-state index is 13.4. The van der Waals surface area contributed by atoms with Crippen LogP contribution in [0.15, 0.2) is 18.2 Å². The number of methoxy groups -OCH3 is 1. The predicted molar refractivity (Wildman–Crippen MR) is 65.4 cm³/mol. The Labute approximate surface area is 106 Å². The van der Waals surface area contributed by atoms with E-state index in [9.17, 15) is 4.39 Å². The van der Waals surface area contributed by atoms with Gasteiger partial charge in [-0.3, -0.25) is 0 Å². The lowest BCUT2D eigenvalue weighted by Gasteiger charge is -2.36. The summed E-state index contributed by atoms with van der Waals surface area (Å²) in [4.78, 5) is 0. The molecule has 2 nitrogen and oxygen atoms in total. The molecule has 0 amide bonds. The lowest BCUT2D eigenvalue weighted by atomic mass is 9.75.